The molecule has 0 bridgehead atoms. The van der Waals surface area contributed by atoms with Gasteiger partial charge >= 0.3 is 0 Å². The molecule has 0 radical (unpaired) electrons. The van der Waals surface area contributed by atoms with Crippen molar-refractivity contribution in [1.29, 1.82) is 0 Å². The van der Waals surface area contributed by atoms with E-state index in [0.717, 1.165) is 21.4 Å². The molecule has 23 heavy (non-hydrogen) atoms. The molecule has 7 heteroatoms. The van der Waals surface area contributed by atoms with Gasteiger partial charge in [0.05, 0.1) is 10.6 Å². The standard InChI is InChI=1S/C16H16BrN3O2S/c1-12-3-2-10-20-11-14(19-16(12)20)8-9-18-23(21,22)15-6-4-13(17)5-7-15/h2-7,10-11,18H,8-9H2,1H3. The molecule has 1 aromatic carbocycles. The predicted molar refractivity (Wildman–Crippen MR) is 93.0 cm³/mol. The summed E-state index contributed by atoms with van der Waals surface area (Å²) in [5.74, 6) is 0. The zero-order valence-corrected chi connectivity index (χ0v) is 14.9. The van der Waals surface area contributed by atoms with Gasteiger partial charge in [0.15, 0.2) is 0 Å². The van der Waals surface area contributed by atoms with Crippen LogP contribution in [0.15, 0.2) is 58.2 Å². The van der Waals surface area contributed by atoms with E-state index in [-0.39, 0.29) is 4.90 Å². The molecule has 5 nitrogen and oxygen atoms in total. The summed E-state index contributed by atoms with van der Waals surface area (Å²) >= 11 is 3.29. The molecule has 0 saturated heterocycles. The maximum atomic E-state index is 12.2. The Balaban J connectivity index is 1.68. The third kappa shape index (κ3) is 3.63. The molecule has 0 amide bonds. The zero-order chi connectivity index (χ0) is 16.4. The quantitative estimate of drug-likeness (QED) is 0.724. The lowest BCUT2D eigenvalue weighted by Crippen LogP contribution is -2.26. The van der Waals surface area contributed by atoms with Gasteiger partial charge < -0.3 is 4.40 Å². The highest BCUT2D eigenvalue weighted by Crippen LogP contribution is 2.15. The first-order valence-electron chi connectivity index (χ1n) is 7.14. The first kappa shape index (κ1) is 16.2. The number of aromatic nitrogens is 2. The number of benzene rings is 1. The van der Waals surface area contributed by atoms with Gasteiger partial charge in [-0.05, 0) is 42.8 Å². The Morgan fingerprint density at radius 1 is 1.22 bits per heavy atom. The number of sulfonamides is 1. The van der Waals surface area contributed by atoms with Crippen LogP contribution in [0.4, 0.5) is 0 Å². The van der Waals surface area contributed by atoms with Gasteiger partial charge in [-0.25, -0.2) is 18.1 Å². The van der Waals surface area contributed by atoms with Crippen LogP contribution in [0.25, 0.3) is 5.65 Å². The normalized spacial score (nSPS) is 11.9. The van der Waals surface area contributed by atoms with E-state index in [9.17, 15) is 8.42 Å². The summed E-state index contributed by atoms with van der Waals surface area (Å²) in [5.41, 5.74) is 2.85. The number of rotatable bonds is 5. The van der Waals surface area contributed by atoms with Crippen molar-refractivity contribution in [2.24, 2.45) is 0 Å². The van der Waals surface area contributed by atoms with E-state index in [1.807, 2.05) is 35.9 Å². The average Bonchev–Trinajstić information content (AvgIpc) is 2.92. The van der Waals surface area contributed by atoms with Gasteiger partial charge in [-0.2, -0.15) is 0 Å². The number of nitrogens with zero attached hydrogens (tertiary/aromatic N) is 2. The highest BCUT2D eigenvalue weighted by atomic mass is 79.9. The first-order valence-corrected chi connectivity index (χ1v) is 9.42. The van der Waals surface area contributed by atoms with Crippen LogP contribution in [0.3, 0.4) is 0 Å². The number of imidazole rings is 1. The van der Waals surface area contributed by atoms with Crippen LogP contribution in [0, 0.1) is 6.92 Å². The molecule has 0 aliphatic heterocycles. The van der Waals surface area contributed by atoms with Crippen molar-refractivity contribution in [1.82, 2.24) is 14.1 Å². The molecular weight excluding hydrogens is 378 g/mol. The maximum Gasteiger partial charge on any atom is 0.240 e. The van der Waals surface area contributed by atoms with Gasteiger partial charge in [-0.15, -0.1) is 0 Å². The Hall–Kier alpha value is -1.70. The molecule has 0 fully saturated rings. The van der Waals surface area contributed by atoms with Crippen molar-refractivity contribution >= 4 is 31.6 Å². The summed E-state index contributed by atoms with van der Waals surface area (Å²) in [6.07, 6.45) is 4.40. The number of aryl methyl sites for hydroxylation is 1. The average molecular weight is 394 g/mol. The molecule has 0 saturated carbocycles. The second-order valence-electron chi connectivity index (χ2n) is 5.26. The van der Waals surface area contributed by atoms with E-state index in [0.29, 0.717) is 13.0 Å². The van der Waals surface area contributed by atoms with Gasteiger partial charge in [0, 0.05) is 29.8 Å². The topological polar surface area (TPSA) is 63.5 Å². The highest BCUT2D eigenvalue weighted by Gasteiger charge is 2.13. The number of fused-ring (bicyclic) bond motifs is 1. The highest BCUT2D eigenvalue weighted by molar-refractivity contribution is 9.10. The molecule has 0 spiro atoms. The summed E-state index contributed by atoms with van der Waals surface area (Å²) in [7, 11) is -3.49. The molecule has 2 aromatic heterocycles. The third-order valence-corrected chi connectivity index (χ3v) is 5.53. The molecule has 3 rings (SSSR count). The first-order chi connectivity index (χ1) is 11.0. The number of nitrogens with one attached hydrogen (secondary N) is 1. The van der Waals surface area contributed by atoms with Gasteiger partial charge in [0.25, 0.3) is 0 Å². The van der Waals surface area contributed by atoms with Crippen LogP contribution in [-0.2, 0) is 16.4 Å². The largest absolute Gasteiger partial charge is 0.307 e. The van der Waals surface area contributed by atoms with Crippen molar-refractivity contribution in [3.63, 3.8) is 0 Å². The van der Waals surface area contributed by atoms with Gasteiger partial charge in [0.2, 0.25) is 10.0 Å². The minimum atomic E-state index is -3.49. The smallest absolute Gasteiger partial charge is 0.240 e. The molecular formula is C16H16BrN3O2S. The van der Waals surface area contributed by atoms with Crippen LogP contribution in [0.2, 0.25) is 0 Å². The summed E-state index contributed by atoms with van der Waals surface area (Å²) in [5, 5.41) is 0. The Kier molecular flexibility index (Phi) is 4.52. The van der Waals surface area contributed by atoms with E-state index in [4.69, 9.17) is 0 Å². The number of halogens is 1. The van der Waals surface area contributed by atoms with Crippen LogP contribution < -0.4 is 4.72 Å². The van der Waals surface area contributed by atoms with Crippen molar-refractivity contribution in [3.05, 3.63) is 64.5 Å². The van der Waals surface area contributed by atoms with Crippen molar-refractivity contribution in [3.8, 4) is 0 Å². The van der Waals surface area contributed by atoms with E-state index in [2.05, 4.69) is 25.6 Å². The van der Waals surface area contributed by atoms with E-state index in [1.165, 1.54) is 0 Å². The lowest BCUT2D eigenvalue weighted by atomic mass is 10.3. The Labute approximate surface area is 143 Å². The van der Waals surface area contributed by atoms with E-state index in [1.54, 1.807) is 24.3 Å². The minimum absolute atomic E-state index is 0.256. The van der Waals surface area contributed by atoms with Crippen LogP contribution in [-0.4, -0.2) is 24.3 Å². The molecule has 0 aliphatic rings. The van der Waals surface area contributed by atoms with Crippen LogP contribution in [0.5, 0.6) is 0 Å². The fourth-order valence-electron chi connectivity index (χ4n) is 2.34. The zero-order valence-electron chi connectivity index (χ0n) is 12.5. The molecule has 120 valence electrons. The lowest BCUT2D eigenvalue weighted by Gasteiger charge is -2.05. The van der Waals surface area contributed by atoms with Crippen LogP contribution in [0.1, 0.15) is 11.3 Å². The molecule has 0 atom stereocenters. The monoisotopic (exact) mass is 393 g/mol. The van der Waals surface area contributed by atoms with Crippen molar-refractivity contribution < 1.29 is 8.42 Å². The summed E-state index contributed by atoms with van der Waals surface area (Å²) in [6.45, 7) is 2.31. The van der Waals surface area contributed by atoms with Gasteiger partial charge in [-0.1, -0.05) is 22.0 Å². The summed E-state index contributed by atoms with van der Waals surface area (Å²) < 4.78 is 29.8. The molecule has 2 heterocycles. The van der Waals surface area contributed by atoms with Crippen molar-refractivity contribution in [2.75, 3.05) is 6.54 Å². The van der Waals surface area contributed by atoms with Crippen molar-refractivity contribution in [2.45, 2.75) is 18.2 Å². The minimum Gasteiger partial charge on any atom is -0.307 e. The van der Waals surface area contributed by atoms with Crippen LogP contribution >= 0.6 is 15.9 Å². The molecule has 1 N–H and O–H groups in total. The molecule has 0 unspecified atom stereocenters. The second-order valence-corrected chi connectivity index (χ2v) is 7.94. The lowest BCUT2D eigenvalue weighted by molar-refractivity contribution is 0.581. The fraction of sp³-hybridized carbons (Fsp3) is 0.188. The summed E-state index contributed by atoms with van der Waals surface area (Å²) in [4.78, 5) is 4.79. The number of hydrogen-bond acceptors (Lipinski definition) is 3. The molecule has 3 aromatic rings. The Morgan fingerprint density at radius 2 is 1.96 bits per heavy atom. The number of pyridine rings is 1. The summed E-state index contributed by atoms with van der Waals surface area (Å²) in [6, 6.07) is 10.5. The van der Waals surface area contributed by atoms with E-state index < -0.39 is 10.0 Å². The SMILES string of the molecule is Cc1cccn2cc(CCNS(=O)(=O)c3ccc(Br)cc3)nc12. The fourth-order valence-corrected chi connectivity index (χ4v) is 3.63. The maximum absolute atomic E-state index is 12.2. The number of hydrogen-bond donors (Lipinski definition) is 1. The second kappa shape index (κ2) is 6.43. The Morgan fingerprint density at radius 3 is 2.65 bits per heavy atom. The third-order valence-electron chi connectivity index (χ3n) is 3.52. The Bertz CT molecular complexity index is 934. The van der Waals surface area contributed by atoms with Gasteiger partial charge in [0.1, 0.15) is 5.65 Å². The molecule has 0 aliphatic carbocycles. The van der Waals surface area contributed by atoms with Gasteiger partial charge in [-0.3, -0.25) is 0 Å². The van der Waals surface area contributed by atoms with E-state index >= 15 is 0 Å². The predicted octanol–water partition coefficient (Wildman–Crippen LogP) is 2.93.